The van der Waals surface area contributed by atoms with Crippen LogP contribution in [0.5, 0.6) is 5.75 Å². The minimum Gasteiger partial charge on any atom is -0.486 e. The van der Waals surface area contributed by atoms with E-state index < -0.39 is 5.97 Å². The largest absolute Gasteiger partial charge is 0.486 e. The number of thioether (sulfide) groups is 1. The molecular weight excluding hydrogens is 350 g/mol. The number of para-hydroxylation sites is 1. The summed E-state index contributed by atoms with van der Waals surface area (Å²) in [6, 6.07) is 16.5. The molecule has 0 saturated carbocycles. The summed E-state index contributed by atoms with van der Waals surface area (Å²) in [7, 11) is 0. The maximum absolute atomic E-state index is 10.9. The highest BCUT2D eigenvalue weighted by molar-refractivity contribution is 7.98. The predicted octanol–water partition coefficient (Wildman–Crippen LogP) is 3.87. The van der Waals surface area contributed by atoms with Crippen molar-refractivity contribution in [3.05, 3.63) is 71.5 Å². The molecule has 1 heterocycles. The fourth-order valence-corrected chi connectivity index (χ4v) is 3.38. The summed E-state index contributed by atoms with van der Waals surface area (Å²) >= 11 is 1.57. The summed E-state index contributed by atoms with van der Waals surface area (Å²) in [6.45, 7) is 3.15. The summed E-state index contributed by atoms with van der Waals surface area (Å²) in [5.74, 6) is 1.35. The fraction of sp³-hybridized carbons (Fsp3) is 0.211. The Kier molecular flexibility index (Phi) is 5.91. The molecule has 0 bridgehead atoms. The van der Waals surface area contributed by atoms with Gasteiger partial charge < -0.3 is 14.4 Å². The van der Waals surface area contributed by atoms with Crippen molar-refractivity contribution in [2.45, 2.75) is 31.0 Å². The maximum Gasteiger partial charge on any atom is 0.335 e. The lowest BCUT2D eigenvalue weighted by Crippen LogP contribution is -2.07. The predicted molar refractivity (Wildman–Crippen MR) is 99.4 cm³/mol. The lowest BCUT2D eigenvalue weighted by molar-refractivity contribution is 0.0697. The molecule has 0 radical (unpaired) electrons. The lowest BCUT2D eigenvalue weighted by Gasteiger charge is -2.09. The quantitative estimate of drug-likeness (QED) is 0.608. The number of carbonyl (C=O) groups is 1. The van der Waals surface area contributed by atoms with Gasteiger partial charge in [-0.15, -0.1) is 10.2 Å². The van der Waals surface area contributed by atoms with Crippen LogP contribution in [0.2, 0.25) is 0 Å². The minimum absolute atomic E-state index is 0.288. The number of carboxylic acids is 1. The van der Waals surface area contributed by atoms with E-state index in [4.69, 9.17) is 9.84 Å². The van der Waals surface area contributed by atoms with Crippen molar-refractivity contribution >= 4 is 17.7 Å². The molecule has 0 atom stereocenters. The molecule has 3 rings (SSSR count). The first-order valence-corrected chi connectivity index (χ1v) is 9.21. The van der Waals surface area contributed by atoms with Crippen LogP contribution in [0, 0.1) is 0 Å². The third-order valence-electron chi connectivity index (χ3n) is 3.79. The van der Waals surface area contributed by atoms with Gasteiger partial charge in [0.2, 0.25) is 0 Å². The van der Waals surface area contributed by atoms with Gasteiger partial charge in [0.1, 0.15) is 12.4 Å². The normalized spacial score (nSPS) is 10.7. The van der Waals surface area contributed by atoms with Crippen molar-refractivity contribution < 1.29 is 14.6 Å². The van der Waals surface area contributed by atoms with Crippen LogP contribution in [0.25, 0.3) is 0 Å². The first kappa shape index (κ1) is 18.0. The van der Waals surface area contributed by atoms with Gasteiger partial charge in [-0.05, 0) is 36.8 Å². The Bertz CT molecular complexity index is 863. The Balaban J connectivity index is 1.63. The summed E-state index contributed by atoms with van der Waals surface area (Å²) in [5, 5.41) is 18.3. The second kappa shape index (κ2) is 8.53. The summed E-state index contributed by atoms with van der Waals surface area (Å²) in [6.07, 6.45) is 0. The molecule has 0 aliphatic heterocycles. The van der Waals surface area contributed by atoms with Crippen LogP contribution < -0.4 is 4.74 Å². The van der Waals surface area contributed by atoms with E-state index in [0.29, 0.717) is 12.4 Å². The highest BCUT2D eigenvalue weighted by atomic mass is 32.2. The van der Waals surface area contributed by atoms with Crippen molar-refractivity contribution in [2.24, 2.45) is 0 Å². The van der Waals surface area contributed by atoms with Gasteiger partial charge >= 0.3 is 5.97 Å². The molecule has 1 N–H and O–H groups in total. The van der Waals surface area contributed by atoms with Crippen LogP contribution in [-0.4, -0.2) is 25.8 Å². The van der Waals surface area contributed by atoms with Gasteiger partial charge in [-0.2, -0.15) is 0 Å². The number of benzene rings is 2. The second-order valence-electron chi connectivity index (χ2n) is 5.54. The summed E-state index contributed by atoms with van der Waals surface area (Å²) in [4.78, 5) is 10.9. The molecule has 2 aromatic carbocycles. The minimum atomic E-state index is -0.919. The molecule has 134 valence electrons. The van der Waals surface area contributed by atoms with Gasteiger partial charge in [0.05, 0.1) is 5.56 Å². The molecule has 0 unspecified atom stereocenters. The number of carboxylic acid groups (broad SMARTS) is 1. The molecule has 7 heteroatoms. The maximum atomic E-state index is 10.9. The van der Waals surface area contributed by atoms with Crippen LogP contribution in [-0.2, 0) is 18.9 Å². The smallest absolute Gasteiger partial charge is 0.335 e. The van der Waals surface area contributed by atoms with E-state index in [0.717, 1.165) is 28.8 Å². The van der Waals surface area contributed by atoms with E-state index in [1.165, 1.54) is 0 Å². The Morgan fingerprint density at radius 1 is 1.12 bits per heavy atom. The van der Waals surface area contributed by atoms with E-state index in [2.05, 4.69) is 10.2 Å². The summed E-state index contributed by atoms with van der Waals surface area (Å²) < 4.78 is 7.79. The molecule has 26 heavy (non-hydrogen) atoms. The van der Waals surface area contributed by atoms with Crippen LogP contribution in [0.15, 0.2) is 59.8 Å². The van der Waals surface area contributed by atoms with Gasteiger partial charge in [-0.25, -0.2) is 4.79 Å². The molecule has 0 amide bonds. The van der Waals surface area contributed by atoms with Crippen molar-refractivity contribution in [1.82, 2.24) is 14.8 Å². The van der Waals surface area contributed by atoms with Crippen molar-refractivity contribution in [3.63, 3.8) is 0 Å². The van der Waals surface area contributed by atoms with Crippen LogP contribution in [0.1, 0.15) is 28.7 Å². The zero-order valence-electron chi connectivity index (χ0n) is 14.3. The molecule has 6 nitrogen and oxygen atoms in total. The van der Waals surface area contributed by atoms with E-state index in [1.807, 2.05) is 54.0 Å². The van der Waals surface area contributed by atoms with Gasteiger partial charge in [0.25, 0.3) is 0 Å². The highest BCUT2D eigenvalue weighted by Gasteiger charge is 2.12. The molecule has 1 aromatic heterocycles. The Hall–Kier alpha value is -2.80. The lowest BCUT2D eigenvalue weighted by atomic mass is 10.1. The topological polar surface area (TPSA) is 77.2 Å². The Morgan fingerprint density at radius 2 is 1.85 bits per heavy atom. The number of aromatic carboxylic acids is 1. The van der Waals surface area contributed by atoms with Crippen LogP contribution >= 0.6 is 11.8 Å². The molecular formula is C19H19N3O3S. The zero-order valence-corrected chi connectivity index (χ0v) is 15.1. The van der Waals surface area contributed by atoms with Crippen molar-refractivity contribution in [2.75, 3.05) is 0 Å². The molecule has 0 spiro atoms. The third kappa shape index (κ3) is 4.43. The zero-order chi connectivity index (χ0) is 18.4. The molecule has 0 aliphatic carbocycles. The number of rotatable bonds is 8. The SMILES string of the molecule is CCn1c(COc2ccccc2)nnc1SCc1ccc(C(=O)O)cc1. The van der Waals surface area contributed by atoms with E-state index in [9.17, 15) is 4.79 Å². The highest BCUT2D eigenvalue weighted by Crippen LogP contribution is 2.23. The standard InChI is InChI=1S/C19H19N3O3S/c1-2-22-17(12-25-16-6-4-3-5-7-16)20-21-19(22)26-13-14-8-10-15(11-9-14)18(23)24/h3-11H,2,12-13H2,1H3,(H,23,24). The van der Waals surface area contributed by atoms with E-state index in [-0.39, 0.29) is 5.56 Å². The first-order chi connectivity index (χ1) is 12.7. The molecule has 0 saturated heterocycles. The van der Waals surface area contributed by atoms with Gasteiger partial charge in [0, 0.05) is 12.3 Å². The van der Waals surface area contributed by atoms with E-state index >= 15 is 0 Å². The van der Waals surface area contributed by atoms with Crippen molar-refractivity contribution in [1.29, 1.82) is 0 Å². The molecule has 3 aromatic rings. The average molecular weight is 369 g/mol. The molecule has 0 aliphatic rings. The summed E-state index contributed by atoms with van der Waals surface area (Å²) in [5.41, 5.74) is 1.32. The van der Waals surface area contributed by atoms with Gasteiger partial charge in [0.15, 0.2) is 11.0 Å². The van der Waals surface area contributed by atoms with Crippen molar-refractivity contribution in [3.8, 4) is 5.75 Å². The van der Waals surface area contributed by atoms with Gasteiger partial charge in [-0.1, -0.05) is 42.1 Å². The second-order valence-corrected chi connectivity index (χ2v) is 6.48. The number of nitrogens with zero attached hydrogens (tertiary/aromatic N) is 3. The number of aromatic nitrogens is 3. The van der Waals surface area contributed by atoms with E-state index in [1.54, 1.807) is 23.9 Å². The number of hydrogen-bond donors (Lipinski definition) is 1. The van der Waals surface area contributed by atoms with Crippen LogP contribution in [0.3, 0.4) is 0 Å². The Morgan fingerprint density at radius 3 is 2.50 bits per heavy atom. The Labute approximate surface area is 155 Å². The first-order valence-electron chi connectivity index (χ1n) is 8.22. The average Bonchev–Trinajstić information content (AvgIpc) is 3.07. The third-order valence-corrected chi connectivity index (χ3v) is 4.83. The van der Waals surface area contributed by atoms with Crippen LogP contribution in [0.4, 0.5) is 0 Å². The monoisotopic (exact) mass is 369 g/mol. The fourth-order valence-electron chi connectivity index (χ4n) is 2.41. The van der Waals surface area contributed by atoms with Gasteiger partial charge in [-0.3, -0.25) is 0 Å². The number of ether oxygens (including phenoxy) is 1. The molecule has 0 fully saturated rings. The number of hydrogen-bond acceptors (Lipinski definition) is 5.